The van der Waals surface area contributed by atoms with Crippen LogP contribution in [0.5, 0.6) is 0 Å². The number of thiazole rings is 1. The molecule has 15 heavy (non-hydrogen) atoms. The summed E-state index contributed by atoms with van der Waals surface area (Å²) in [5.41, 5.74) is 3.92. The summed E-state index contributed by atoms with van der Waals surface area (Å²) in [4.78, 5) is 4.54. The second-order valence-corrected chi connectivity index (χ2v) is 4.59. The Balaban J connectivity index is 0.000000531. The van der Waals surface area contributed by atoms with Crippen molar-refractivity contribution in [1.82, 2.24) is 4.98 Å². The molecule has 0 radical (unpaired) electrons. The van der Waals surface area contributed by atoms with Gasteiger partial charge in [-0.2, -0.15) is 0 Å². The lowest BCUT2D eigenvalue weighted by Crippen LogP contribution is -1.84. The maximum absolute atomic E-state index is 4.54. The van der Waals surface area contributed by atoms with Crippen LogP contribution in [0.3, 0.4) is 0 Å². The van der Waals surface area contributed by atoms with Crippen LogP contribution < -0.4 is 0 Å². The molecule has 0 aliphatic carbocycles. The standard InChI is InChI=1S/C11H13NS.C2H6/c1-4-9-5-7(2)6-10-11(9)12-8(3)13-10;1-2/h5-6H,4H2,1-3H3;1-2H3. The number of aryl methyl sites for hydroxylation is 3. The molecule has 0 fully saturated rings. The van der Waals surface area contributed by atoms with Crippen molar-refractivity contribution >= 4 is 21.6 Å². The van der Waals surface area contributed by atoms with Gasteiger partial charge in [0, 0.05) is 0 Å². The second-order valence-electron chi connectivity index (χ2n) is 3.36. The molecule has 0 N–H and O–H groups in total. The van der Waals surface area contributed by atoms with Crippen molar-refractivity contribution in [3.63, 3.8) is 0 Å². The van der Waals surface area contributed by atoms with Gasteiger partial charge in [0.05, 0.1) is 15.2 Å². The molecular weight excluding hydrogens is 202 g/mol. The van der Waals surface area contributed by atoms with E-state index in [1.807, 2.05) is 13.8 Å². The van der Waals surface area contributed by atoms with Gasteiger partial charge in [0.25, 0.3) is 0 Å². The average Bonchev–Trinajstić information content (AvgIpc) is 2.60. The fourth-order valence-corrected chi connectivity index (χ4v) is 2.61. The SMILES string of the molecule is CC.CCc1cc(C)cc2sc(C)nc12. The van der Waals surface area contributed by atoms with Crippen LogP contribution in [-0.4, -0.2) is 4.98 Å². The van der Waals surface area contributed by atoms with E-state index in [1.165, 1.54) is 21.3 Å². The van der Waals surface area contributed by atoms with E-state index in [2.05, 4.69) is 37.9 Å². The highest BCUT2D eigenvalue weighted by molar-refractivity contribution is 7.18. The van der Waals surface area contributed by atoms with Gasteiger partial charge in [0.15, 0.2) is 0 Å². The summed E-state index contributed by atoms with van der Waals surface area (Å²) < 4.78 is 1.33. The highest BCUT2D eigenvalue weighted by atomic mass is 32.1. The van der Waals surface area contributed by atoms with Crippen molar-refractivity contribution in [2.75, 3.05) is 0 Å². The van der Waals surface area contributed by atoms with Crippen LogP contribution in [-0.2, 0) is 6.42 Å². The molecule has 0 aliphatic rings. The molecular formula is C13H19NS. The van der Waals surface area contributed by atoms with E-state index in [1.54, 1.807) is 11.3 Å². The highest BCUT2D eigenvalue weighted by Crippen LogP contribution is 2.26. The van der Waals surface area contributed by atoms with Gasteiger partial charge >= 0.3 is 0 Å². The molecule has 1 aromatic carbocycles. The molecule has 1 nitrogen and oxygen atoms in total. The number of fused-ring (bicyclic) bond motifs is 1. The zero-order valence-electron chi connectivity index (χ0n) is 10.2. The van der Waals surface area contributed by atoms with Gasteiger partial charge < -0.3 is 0 Å². The zero-order valence-corrected chi connectivity index (χ0v) is 11.0. The lowest BCUT2D eigenvalue weighted by Gasteiger charge is -1.99. The molecule has 0 aliphatic heterocycles. The van der Waals surface area contributed by atoms with E-state index in [0.717, 1.165) is 11.4 Å². The molecule has 2 rings (SSSR count). The largest absolute Gasteiger partial charge is 0.241 e. The van der Waals surface area contributed by atoms with Gasteiger partial charge in [-0.1, -0.05) is 26.8 Å². The third-order valence-electron chi connectivity index (χ3n) is 2.21. The third kappa shape index (κ3) is 2.57. The molecule has 2 heteroatoms. The molecule has 0 atom stereocenters. The van der Waals surface area contributed by atoms with E-state index < -0.39 is 0 Å². The van der Waals surface area contributed by atoms with Gasteiger partial charge in [0.2, 0.25) is 0 Å². The van der Waals surface area contributed by atoms with Crippen molar-refractivity contribution in [2.24, 2.45) is 0 Å². The topological polar surface area (TPSA) is 12.9 Å². The van der Waals surface area contributed by atoms with Gasteiger partial charge in [-0.05, 0) is 37.5 Å². The Bertz CT molecular complexity index is 443. The Kier molecular flexibility index (Phi) is 4.28. The van der Waals surface area contributed by atoms with Crippen molar-refractivity contribution in [3.8, 4) is 0 Å². The molecule has 1 aromatic heterocycles. The summed E-state index contributed by atoms with van der Waals surface area (Å²) in [5.74, 6) is 0. The number of rotatable bonds is 1. The van der Waals surface area contributed by atoms with Gasteiger partial charge in [-0.25, -0.2) is 4.98 Å². The first-order valence-corrected chi connectivity index (χ1v) is 6.39. The van der Waals surface area contributed by atoms with Gasteiger partial charge in [-0.15, -0.1) is 11.3 Å². The van der Waals surface area contributed by atoms with Gasteiger partial charge in [0.1, 0.15) is 0 Å². The van der Waals surface area contributed by atoms with Crippen LogP contribution in [0.1, 0.15) is 36.9 Å². The molecule has 82 valence electrons. The minimum Gasteiger partial charge on any atom is -0.241 e. The Hall–Kier alpha value is -0.890. The molecule has 2 aromatic rings. The van der Waals surface area contributed by atoms with Crippen LogP contribution in [0.25, 0.3) is 10.2 Å². The first kappa shape index (κ1) is 12.2. The number of nitrogens with zero attached hydrogens (tertiary/aromatic N) is 1. The molecule has 0 saturated heterocycles. The zero-order chi connectivity index (χ0) is 11.4. The molecule has 0 bridgehead atoms. The fraction of sp³-hybridized carbons (Fsp3) is 0.462. The third-order valence-corrected chi connectivity index (χ3v) is 3.12. The molecule has 1 heterocycles. The van der Waals surface area contributed by atoms with Crippen molar-refractivity contribution in [3.05, 3.63) is 28.3 Å². The van der Waals surface area contributed by atoms with Crippen LogP contribution >= 0.6 is 11.3 Å². The number of benzene rings is 1. The summed E-state index contributed by atoms with van der Waals surface area (Å²) in [6, 6.07) is 4.46. The molecule has 0 amide bonds. The van der Waals surface area contributed by atoms with E-state index in [0.29, 0.717) is 0 Å². The van der Waals surface area contributed by atoms with E-state index in [-0.39, 0.29) is 0 Å². The summed E-state index contributed by atoms with van der Waals surface area (Å²) in [7, 11) is 0. The van der Waals surface area contributed by atoms with E-state index >= 15 is 0 Å². The van der Waals surface area contributed by atoms with Crippen LogP contribution in [0.2, 0.25) is 0 Å². The maximum Gasteiger partial charge on any atom is 0.0907 e. The van der Waals surface area contributed by atoms with Crippen molar-refractivity contribution in [2.45, 2.75) is 41.0 Å². The minimum atomic E-state index is 1.07. The monoisotopic (exact) mass is 221 g/mol. The van der Waals surface area contributed by atoms with Crippen LogP contribution in [0, 0.1) is 13.8 Å². The first-order valence-electron chi connectivity index (χ1n) is 5.57. The first-order chi connectivity index (χ1) is 7.20. The normalized spacial score (nSPS) is 9.93. The lowest BCUT2D eigenvalue weighted by atomic mass is 10.1. The number of hydrogen-bond donors (Lipinski definition) is 0. The Morgan fingerprint density at radius 2 is 1.87 bits per heavy atom. The Morgan fingerprint density at radius 3 is 2.47 bits per heavy atom. The van der Waals surface area contributed by atoms with Crippen molar-refractivity contribution in [1.29, 1.82) is 0 Å². The smallest absolute Gasteiger partial charge is 0.0907 e. The summed E-state index contributed by atoms with van der Waals surface area (Å²) >= 11 is 1.78. The minimum absolute atomic E-state index is 1.07. The highest BCUT2D eigenvalue weighted by Gasteiger charge is 2.05. The molecule has 0 spiro atoms. The Labute approximate surface area is 96.2 Å². The predicted molar refractivity (Wildman–Crippen MR) is 69.8 cm³/mol. The molecule has 0 unspecified atom stereocenters. The summed E-state index contributed by atoms with van der Waals surface area (Å²) in [6.07, 6.45) is 1.07. The average molecular weight is 221 g/mol. The van der Waals surface area contributed by atoms with E-state index in [4.69, 9.17) is 0 Å². The second kappa shape index (κ2) is 5.26. The molecule has 0 saturated carbocycles. The van der Waals surface area contributed by atoms with Crippen molar-refractivity contribution < 1.29 is 0 Å². The summed E-state index contributed by atoms with van der Waals surface area (Å²) in [6.45, 7) is 10.4. The van der Waals surface area contributed by atoms with Gasteiger partial charge in [-0.3, -0.25) is 0 Å². The maximum atomic E-state index is 4.54. The van der Waals surface area contributed by atoms with Crippen LogP contribution in [0.4, 0.5) is 0 Å². The quantitative estimate of drug-likeness (QED) is 0.691. The predicted octanol–water partition coefficient (Wildman–Crippen LogP) is 4.50. The van der Waals surface area contributed by atoms with E-state index in [9.17, 15) is 0 Å². The fourth-order valence-electron chi connectivity index (χ4n) is 1.63. The summed E-state index contributed by atoms with van der Waals surface area (Å²) in [5, 5.41) is 1.16. The Morgan fingerprint density at radius 1 is 1.20 bits per heavy atom. The van der Waals surface area contributed by atoms with Crippen LogP contribution in [0.15, 0.2) is 12.1 Å². The number of aromatic nitrogens is 1. The lowest BCUT2D eigenvalue weighted by molar-refractivity contribution is 1.14. The number of hydrogen-bond acceptors (Lipinski definition) is 2.